The first-order valence-corrected chi connectivity index (χ1v) is 13.1. The molecule has 3 saturated carbocycles. The van der Waals surface area contributed by atoms with Gasteiger partial charge in [-0.15, -0.1) is 0 Å². The largest absolute Gasteiger partial charge is 0.462 e. The Morgan fingerprint density at radius 3 is 2.63 bits per heavy atom. The molecule has 0 saturated heterocycles. The molecule has 0 radical (unpaired) electrons. The quantitative estimate of drug-likeness (QED) is 0.253. The number of unbranched alkanes of at least 4 members (excludes halogenated alkanes) is 1. The van der Waals surface area contributed by atoms with Crippen LogP contribution in [0, 0.1) is 40.4 Å². The highest BCUT2D eigenvalue weighted by atomic mass is 16.5. The third-order valence-electron chi connectivity index (χ3n) is 10.2. The van der Waals surface area contributed by atoms with Crippen molar-refractivity contribution in [3.05, 3.63) is 11.6 Å². The highest BCUT2D eigenvalue weighted by Crippen LogP contribution is 2.66. The van der Waals surface area contributed by atoms with Crippen molar-refractivity contribution in [2.45, 2.75) is 118 Å². The van der Waals surface area contributed by atoms with Gasteiger partial charge in [0.05, 0.1) is 0 Å². The molecule has 0 N–H and O–H groups in total. The lowest BCUT2D eigenvalue weighted by atomic mass is 9.47. The minimum atomic E-state index is -0.114. The molecule has 0 heterocycles. The molecule has 170 valence electrons. The van der Waals surface area contributed by atoms with Crippen molar-refractivity contribution in [1.29, 1.82) is 0 Å². The van der Waals surface area contributed by atoms with E-state index < -0.39 is 0 Å². The zero-order valence-electron chi connectivity index (χ0n) is 20.3. The number of ether oxygens (including phenoxy) is 1. The third kappa shape index (κ3) is 4.02. The van der Waals surface area contributed by atoms with E-state index in [9.17, 15) is 4.79 Å². The summed E-state index contributed by atoms with van der Waals surface area (Å²) in [6.07, 6.45) is 18.8. The molecule has 0 amide bonds. The Labute approximate surface area is 185 Å². The molecule has 0 aromatic carbocycles. The van der Waals surface area contributed by atoms with E-state index in [2.05, 4.69) is 33.8 Å². The van der Waals surface area contributed by atoms with Gasteiger partial charge in [0.2, 0.25) is 0 Å². The molecule has 0 aliphatic heterocycles. The van der Waals surface area contributed by atoms with Crippen molar-refractivity contribution in [1.82, 2.24) is 0 Å². The zero-order valence-corrected chi connectivity index (χ0v) is 20.3. The van der Waals surface area contributed by atoms with Crippen LogP contribution in [0.2, 0.25) is 0 Å². The summed E-state index contributed by atoms with van der Waals surface area (Å²) in [6.45, 7) is 11.5. The Morgan fingerprint density at radius 2 is 1.90 bits per heavy atom. The van der Waals surface area contributed by atoms with Crippen LogP contribution in [0.4, 0.5) is 0 Å². The van der Waals surface area contributed by atoms with Crippen molar-refractivity contribution in [2.24, 2.45) is 40.4 Å². The van der Waals surface area contributed by atoms with E-state index in [4.69, 9.17) is 4.74 Å². The van der Waals surface area contributed by atoms with Gasteiger partial charge < -0.3 is 4.74 Å². The molecule has 3 fully saturated rings. The minimum absolute atomic E-state index is 0.114. The number of hydrogen-bond donors (Lipinski definition) is 0. The second-order valence-electron chi connectivity index (χ2n) is 12.2. The molecule has 4 aliphatic rings. The Morgan fingerprint density at radius 1 is 1.10 bits per heavy atom. The molecule has 30 heavy (non-hydrogen) atoms. The first-order chi connectivity index (χ1) is 14.2. The van der Waals surface area contributed by atoms with Crippen molar-refractivity contribution >= 4 is 5.97 Å². The van der Waals surface area contributed by atoms with E-state index in [1.54, 1.807) is 12.5 Å². The fourth-order valence-corrected chi connectivity index (χ4v) is 8.49. The van der Waals surface area contributed by atoms with Crippen LogP contribution in [-0.4, -0.2) is 12.1 Å². The Balaban J connectivity index is 1.44. The van der Waals surface area contributed by atoms with Crippen LogP contribution >= 0.6 is 0 Å². The number of hydrogen-bond acceptors (Lipinski definition) is 2. The van der Waals surface area contributed by atoms with Crippen LogP contribution in [0.5, 0.6) is 0 Å². The average Bonchev–Trinajstić information content (AvgIpc) is 3.01. The number of allylic oxidation sites excluding steroid dienone is 1. The SMILES string of the molecule is CC(=O)OC1CCC2(C)C(=CCC3C2CCC2(C)C(CCCCC(C)C)CCC32)C1. The summed E-state index contributed by atoms with van der Waals surface area (Å²) in [4.78, 5) is 11.5. The molecule has 2 nitrogen and oxygen atoms in total. The van der Waals surface area contributed by atoms with Gasteiger partial charge in [-0.05, 0) is 91.8 Å². The fourth-order valence-electron chi connectivity index (χ4n) is 8.49. The maximum atomic E-state index is 11.5. The molecule has 7 unspecified atom stereocenters. The average molecular weight is 415 g/mol. The smallest absolute Gasteiger partial charge is 0.302 e. The van der Waals surface area contributed by atoms with Crippen LogP contribution in [0.25, 0.3) is 0 Å². The van der Waals surface area contributed by atoms with Gasteiger partial charge in [-0.1, -0.05) is 58.6 Å². The lowest BCUT2D eigenvalue weighted by molar-refractivity contribution is -0.148. The predicted octanol–water partition coefficient (Wildman–Crippen LogP) is 7.71. The van der Waals surface area contributed by atoms with E-state index in [1.807, 2.05) is 0 Å². The van der Waals surface area contributed by atoms with Crippen LogP contribution in [0.1, 0.15) is 112 Å². The molecule has 2 heteroatoms. The van der Waals surface area contributed by atoms with Gasteiger partial charge in [0.1, 0.15) is 6.10 Å². The first kappa shape index (κ1) is 22.4. The molecule has 0 aromatic rings. The Bertz CT molecular complexity index is 664. The van der Waals surface area contributed by atoms with Gasteiger partial charge in [0.15, 0.2) is 0 Å². The second kappa shape index (κ2) is 8.62. The highest BCUT2D eigenvalue weighted by Gasteiger charge is 2.58. The van der Waals surface area contributed by atoms with E-state index in [1.165, 1.54) is 64.2 Å². The molecular formula is C28H46O2. The summed E-state index contributed by atoms with van der Waals surface area (Å²) in [7, 11) is 0. The van der Waals surface area contributed by atoms with Gasteiger partial charge in [0.25, 0.3) is 0 Å². The molecule has 0 spiro atoms. The number of carbonyl (C=O) groups is 1. The number of rotatable bonds is 6. The van der Waals surface area contributed by atoms with Crippen molar-refractivity contribution in [3.8, 4) is 0 Å². The molecular weight excluding hydrogens is 368 g/mol. The summed E-state index contributed by atoms with van der Waals surface area (Å²) in [6, 6.07) is 0. The summed E-state index contributed by atoms with van der Waals surface area (Å²) in [5, 5.41) is 0. The van der Waals surface area contributed by atoms with Crippen LogP contribution in [0.15, 0.2) is 11.6 Å². The highest BCUT2D eigenvalue weighted by molar-refractivity contribution is 5.66. The second-order valence-corrected chi connectivity index (χ2v) is 12.2. The molecule has 7 atom stereocenters. The summed E-state index contributed by atoms with van der Waals surface area (Å²) in [5.74, 6) is 4.39. The summed E-state index contributed by atoms with van der Waals surface area (Å²) >= 11 is 0. The fraction of sp³-hybridized carbons (Fsp3) is 0.893. The zero-order chi connectivity index (χ0) is 21.5. The summed E-state index contributed by atoms with van der Waals surface area (Å²) < 4.78 is 5.60. The van der Waals surface area contributed by atoms with Gasteiger partial charge >= 0.3 is 5.97 Å². The van der Waals surface area contributed by atoms with E-state index in [0.29, 0.717) is 10.8 Å². The number of carbonyl (C=O) groups excluding carboxylic acids is 1. The molecule has 0 bridgehead atoms. The number of esters is 1. The summed E-state index contributed by atoms with van der Waals surface area (Å²) in [5.41, 5.74) is 2.57. The standard InChI is InChI=1S/C28H46O2/c1-19(2)8-6-7-9-21-11-13-25-24-12-10-22-18-23(30-20(3)29)14-16-28(22,5)26(24)15-17-27(21,25)4/h10,19,21,23-26H,6-9,11-18H2,1-5H3. The first-order valence-electron chi connectivity index (χ1n) is 13.1. The van der Waals surface area contributed by atoms with Gasteiger partial charge in [0, 0.05) is 13.3 Å². The number of fused-ring (bicyclic) bond motifs is 5. The molecule has 4 rings (SSSR count). The van der Waals surface area contributed by atoms with Gasteiger partial charge in [-0.25, -0.2) is 0 Å². The van der Waals surface area contributed by atoms with Crippen molar-refractivity contribution in [2.75, 3.05) is 0 Å². The van der Waals surface area contributed by atoms with Crippen LogP contribution in [-0.2, 0) is 9.53 Å². The Hall–Kier alpha value is -0.790. The monoisotopic (exact) mass is 414 g/mol. The van der Waals surface area contributed by atoms with Crippen molar-refractivity contribution < 1.29 is 9.53 Å². The van der Waals surface area contributed by atoms with E-state index >= 15 is 0 Å². The minimum Gasteiger partial charge on any atom is -0.462 e. The van der Waals surface area contributed by atoms with E-state index in [0.717, 1.165) is 42.4 Å². The lowest BCUT2D eigenvalue weighted by Gasteiger charge is -2.58. The maximum absolute atomic E-state index is 11.5. The van der Waals surface area contributed by atoms with Crippen molar-refractivity contribution in [3.63, 3.8) is 0 Å². The maximum Gasteiger partial charge on any atom is 0.302 e. The van der Waals surface area contributed by atoms with Gasteiger partial charge in [-0.2, -0.15) is 0 Å². The van der Waals surface area contributed by atoms with Crippen LogP contribution in [0.3, 0.4) is 0 Å². The topological polar surface area (TPSA) is 26.3 Å². The normalized spacial score (nSPS) is 42.9. The van der Waals surface area contributed by atoms with Gasteiger partial charge in [-0.3, -0.25) is 4.79 Å². The van der Waals surface area contributed by atoms with E-state index in [-0.39, 0.29) is 12.1 Å². The van der Waals surface area contributed by atoms with Crippen LogP contribution < -0.4 is 0 Å². The predicted molar refractivity (Wildman–Crippen MR) is 124 cm³/mol. The third-order valence-corrected chi connectivity index (χ3v) is 10.2. The molecule has 0 aromatic heterocycles. The molecule has 4 aliphatic carbocycles. The lowest BCUT2D eigenvalue weighted by Crippen LogP contribution is -2.50. The Kier molecular flexibility index (Phi) is 6.44.